The minimum atomic E-state index is -4.43. The zero-order valence-electron chi connectivity index (χ0n) is 9.10. The first-order chi connectivity index (χ1) is 8.82. The van der Waals surface area contributed by atoms with Crippen molar-refractivity contribution in [2.75, 3.05) is 0 Å². The van der Waals surface area contributed by atoms with Crippen LogP contribution >= 0.6 is 45.8 Å². The monoisotopic (exact) mass is 417 g/mol. The summed E-state index contributed by atoms with van der Waals surface area (Å²) in [5.74, 6) is 0. The van der Waals surface area contributed by atoms with Crippen LogP contribution in [-0.4, -0.2) is 4.98 Å². The maximum atomic E-state index is 12.8. The van der Waals surface area contributed by atoms with Gasteiger partial charge in [0, 0.05) is 11.8 Å². The van der Waals surface area contributed by atoms with Gasteiger partial charge in [0.05, 0.1) is 24.9 Å². The van der Waals surface area contributed by atoms with E-state index >= 15 is 0 Å². The molecule has 0 aliphatic heterocycles. The zero-order valence-corrected chi connectivity index (χ0v) is 12.8. The van der Waals surface area contributed by atoms with Crippen molar-refractivity contribution in [3.63, 3.8) is 0 Å². The summed E-state index contributed by atoms with van der Waals surface area (Å²) < 4.78 is 38.5. The van der Waals surface area contributed by atoms with E-state index in [9.17, 15) is 13.2 Å². The highest BCUT2D eigenvalue weighted by Gasteiger charge is 2.34. The van der Waals surface area contributed by atoms with Gasteiger partial charge in [-0.3, -0.25) is 4.98 Å². The predicted molar refractivity (Wildman–Crippen MR) is 77.4 cm³/mol. The number of pyridine rings is 1. The lowest BCUT2D eigenvalue weighted by Gasteiger charge is -2.13. The van der Waals surface area contributed by atoms with Crippen LogP contribution in [0.25, 0.3) is 11.3 Å². The number of alkyl halides is 3. The van der Waals surface area contributed by atoms with Gasteiger partial charge in [-0.15, -0.1) is 0 Å². The van der Waals surface area contributed by atoms with Gasteiger partial charge in [-0.25, -0.2) is 0 Å². The van der Waals surface area contributed by atoms with E-state index in [0.29, 0.717) is 5.56 Å². The first kappa shape index (κ1) is 14.9. The Morgan fingerprint density at radius 2 is 1.79 bits per heavy atom. The van der Waals surface area contributed by atoms with Crippen LogP contribution in [0.15, 0.2) is 30.5 Å². The van der Waals surface area contributed by atoms with E-state index in [-0.39, 0.29) is 19.3 Å². The summed E-state index contributed by atoms with van der Waals surface area (Å²) in [6, 6.07) is 5.69. The number of hydrogen-bond acceptors (Lipinski definition) is 1. The van der Waals surface area contributed by atoms with Crippen LogP contribution in [0.4, 0.5) is 13.2 Å². The molecular weight excluding hydrogens is 413 g/mol. The second-order valence-corrected chi connectivity index (χ2v) is 5.48. The molecule has 1 nitrogen and oxygen atoms in total. The summed E-state index contributed by atoms with van der Waals surface area (Å²) in [6.07, 6.45) is -3.32. The molecule has 0 aliphatic rings. The molecule has 7 heteroatoms. The van der Waals surface area contributed by atoms with Crippen molar-refractivity contribution in [1.29, 1.82) is 0 Å². The van der Waals surface area contributed by atoms with Gasteiger partial charge in [0.15, 0.2) is 0 Å². The summed E-state index contributed by atoms with van der Waals surface area (Å²) in [5, 5.41) is 0.461. The van der Waals surface area contributed by atoms with Crippen LogP contribution in [-0.2, 0) is 6.18 Å². The number of aromatic nitrogens is 1. The fourth-order valence-electron chi connectivity index (χ4n) is 1.54. The third-order valence-corrected chi connectivity index (χ3v) is 4.31. The van der Waals surface area contributed by atoms with Crippen LogP contribution in [0.5, 0.6) is 0 Å². The lowest BCUT2D eigenvalue weighted by atomic mass is 10.1. The van der Waals surface area contributed by atoms with E-state index in [1.807, 2.05) is 0 Å². The molecule has 0 amide bonds. The van der Waals surface area contributed by atoms with Gasteiger partial charge < -0.3 is 0 Å². The lowest BCUT2D eigenvalue weighted by molar-refractivity contribution is -0.138. The van der Waals surface area contributed by atoms with E-state index in [0.717, 1.165) is 12.3 Å². The highest BCUT2D eigenvalue weighted by atomic mass is 127. The van der Waals surface area contributed by atoms with Crippen LogP contribution in [0.1, 0.15) is 5.56 Å². The summed E-state index contributed by atoms with van der Waals surface area (Å²) in [6.45, 7) is 0. The fraction of sp³-hybridized carbons (Fsp3) is 0.0833. The summed E-state index contributed by atoms with van der Waals surface area (Å²) >= 11 is 13.5. The van der Waals surface area contributed by atoms with Crippen molar-refractivity contribution in [1.82, 2.24) is 4.98 Å². The molecule has 1 heterocycles. The molecule has 0 aliphatic carbocycles. The Balaban J connectivity index is 2.68. The molecule has 1 aromatic carbocycles. The maximum Gasteiger partial charge on any atom is 0.417 e. The highest BCUT2D eigenvalue weighted by molar-refractivity contribution is 14.1. The first-order valence-corrected chi connectivity index (χ1v) is 6.82. The molecule has 0 spiro atoms. The lowest BCUT2D eigenvalue weighted by Crippen LogP contribution is -2.09. The van der Waals surface area contributed by atoms with Gasteiger partial charge in [-0.1, -0.05) is 35.3 Å². The second-order valence-electron chi connectivity index (χ2n) is 3.62. The van der Waals surface area contributed by atoms with Crippen molar-refractivity contribution < 1.29 is 13.2 Å². The number of halogens is 6. The Kier molecular flexibility index (Phi) is 4.27. The fourth-order valence-corrected chi connectivity index (χ4v) is 2.84. The molecule has 19 heavy (non-hydrogen) atoms. The average Bonchev–Trinajstić information content (AvgIpc) is 2.32. The molecule has 2 aromatic rings. The molecular formula is C12H5Cl2F3IN. The van der Waals surface area contributed by atoms with Gasteiger partial charge in [0.1, 0.15) is 0 Å². The molecule has 0 radical (unpaired) electrons. The average molecular weight is 418 g/mol. The summed E-state index contributed by atoms with van der Waals surface area (Å²) in [5.41, 5.74) is -0.193. The minimum Gasteiger partial charge on any atom is -0.255 e. The Morgan fingerprint density at radius 1 is 1.11 bits per heavy atom. The second kappa shape index (κ2) is 5.46. The molecule has 0 saturated carbocycles. The van der Waals surface area contributed by atoms with Crippen molar-refractivity contribution >= 4 is 45.8 Å². The van der Waals surface area contributed by atoms with Crippen LogP contribution in [0.3, 0.4) is 0 Å². The minimum absolute atomic E-state index is 0.00299. The third-order valence-electron chi connectivity index (χ3n) is 2.40. The van der Waals surface area contributed by atoms with E-state index in [1.54, 1.807) is 40.8 Å². The summed E-state index contributed by atoms with van der Waals surface area (Å²) in [4.78, 5) is 3.97. The topological polar surface area (TPSA) is 12.9 Å². The molecule has 0 N–H and O–H groups in total. The summed E-state index contributed by atoms with van der Waals surface area (Å²) in [7, 11) is 0. The standard InChI is InChI=1S/C12H5Cl2F3IN/c13-8-3-1-2-6(9(8)14)11-10(18)7(4-5-19-11)12(15,16)17/h1-5H. The van der Waals surface area contributed by atoms with Gasteiger partial charge in [-0.05, 0) is 34.7 Å². The van der Waals surface area contributed by atoms with E-state index < -0.39 is 11.7 Å². The first-order valence-electron chi connectivity index (χ1n) is 4.98. The molecule has 0 fully saturated rings. The van der Waals surface area contributed by atoms with Crippen LogP contribution in [0.2, 0.25) is 10.0 Å². The van der Waals surface area contributed by atoms with Gasteiger partial charge >= 0.3 is 6.18 Å². The SMILES string of the molecule is FC(F)(F)c1ccnc(-c2cccc(Cl)c2Cl)c1I. The molecule has 0 saturated heterocycles. The van der Waals surface area contributed by atoms with E-state index in [1.165, 1.54) is 0 Å². The van der Waals surface area contributed by atoms with E-state index in [2.05, 4.69) is 4.98 Å². The van der Waals surface area contributed by atoms with Gasteiger partial charge in [0.25, 0.3) is 0 Å². The van der Waals surface area contributed by atoms with Crippen molar-refractivity contribution in [3.05, 3.63) is 49.6 Å². The quantitative estimate of drug-likeness (QED) is 0.544. The van der Waals surface area contributed by atoms with Gasteiger partial charge in [0.2, 0.25) is 0 Å². The van der Waals surface area contributed by atoms with E-state index in [4.69, 9.17) is 23.2 Å². The predicted octanol–water partition coefficient (Wildman–Crippen LogP) is 5.68. The number of nitrogens with zero attached hydrogens (tertiary/aromatic N) is 1. The maximum absolute atomic E-state index is 12.8. The van der Waals surface area contributed by atoms with Crippen molar-refractivity contribution in [3.8, 4) is 11.3 Å². The number of benzene rings is 1. The zero-order chi connectivity index (χ0) is 14.2. The molecule has 0 atom stereocenters. The normalized spacial score (nSPS) is 11.7. The Bertz CT molecular complexity index is 629. The van der Waals surface area contributed by atoms with Gasteiger partial charge in [-0.2, -0.15) is 13.2 Å². The van der Waals surface area contributed by atoms with Crippen LogP contribution in [0, 0.1) is 3.57 Å². The smallest absolute Gasteiger partial charge is 0.255 e. The number of hydrogen-bond donors (Lipinski definition) is 0. The number of rotatable bonds is 1. The van der Waals surface area contributed by atoms with Crippen molar-refractivity contribution in [2.45, 2.75) is 6.18 Å². The molecule has 2 rings (SSSR count). The molecule has 1 aromatic heterocycles. The van der Waals surface area contributed by atoms with Crippen molar-refractivity contribution in [2.24, 2.45) is 0 Å². The largest absolute Gasteiger partial charge is 0.417 e. The highest BCUT2D eigenvalue weighted by Crippen LogP contribution is 2.39. The Morgan fingerprint density at radius 3 is 2.42 bits per heavy atom. The molecule has 100 valence electrons. The Hall–Kier alpha value is -0.530. The van der Waals surface area contributed by atoms with Crippen LogP contribution < -0.4 is 0 Å². The Labute approximate surface area is 130 Å². The molecule has 0 bridgehead atoms. The molecule has 0 unspecified atom stereocenters. The third kappa shape index (κ3) is 2.98.